The Morgan fingerprint density at radius 1 is 1.28 bits per heavy atom. The zero-order valence-electron chi connectivity index (χ0n) is 15.9. The molecule has 2 aromatic carbocycles. The lowest BCUT2D eigenvalue weighted by atomic mass is 10.1. The summed E-state index contributed by atoms with van der Waals surface area (Å²) in [5.41, 5.74) is 1.85. The lowest BCUT2D eigenvalue weighted by Gasteiger charge is -2.14. The molecule has 0 saturated carbocycles. The SMILES string of the molecule is CCS(=O)(=O)Nc1cccc(C(O)CNCCOc2ccc3c(Cl)n[nH]c3c2)c1. The van der Waals surface area contributed by atoms with Gasteiger partial charge >= 0.3 is 0 Å². The minimum Gasteiger partial charge on any atom is -0.492 e. The van der Waals surface area contributed by atoms with Gasteiger partial charge in [-0.3, -0.25) is 9.82 Å². The molecule has 3 rings (SSSR count). The largest absolute Gasteiger partial charge is 0.492 e. The van der Waals surface area contributed by atoms with Crippen LogP contribution in [0.2, 0.25) is 5.15 Å². The number of nitrogens with one attached hydrogen (secondary N) is 3. The number of hydrogen-bond acceptors (Lipinski definition) is 6. The van der Waals surface area contributed by atoms with Crippen molar-refractivity contribution < 1.29 is 18.3 Å². The van der Waals surface area contributed by atoms with E-state index in [1.54, 1.807) is 31.2 Å². The van der Waals surface area contributed by atoms with Crippen LogP contribution in [0.25, 0.3) is 10.9 Å². The number of sulfonamides is 1. The van der Waals surface area contributed by atoms with Gasteiger partial charge < -0.3 is 15.2 Å². The number of aromatic amines is 1. The minimum atomic E-state index is -3.36. The van der Waals surface area contributed by atoms with Gasteiger partial charge in [0, 0.05) is 30.2 Å². The van der Waals surface area contributed by atoms with Gasteiger partial charge in [0.05, 0.1) is 17.4 Å². The van der Waals surface area contributed by atoms with Crippen LogP contribution in [0.3, 0.4) is 0 Å². The summed E-state index contributed by atoms with van der Waals surface area (Å²) in [5.74, 6) is 0.679. The molecule has 0 fully saturated rings. The van der Waals surface area contributed by atoms with E-state index < -0.39 is 16.1 Å². The standard InChI is InChI=1S/C19H23ClN4O4S/c1-2-29(26,27)24-14-5-3-4-13(10-14)18(25)12-21-8-9-28-15-6-7-16-17(11-15)22-23-19(16)20/h3-7,10-11,18,21,24-25H,2,8-9,12H2,1H3,(H,22,23). The summed E-state index contributed by atoms with van der Waals surface area (Å²) < 4.78 is 31.5. The summed E-state index contributed by atoms with van der Waals surface area (Å²) in [4.78, 5) is 0. The van der Waals surface area contributed by atoms with Gasteiger partial charge in [-0.15, -0.1) is 0 Å². The third-order valence-corrected chi connectivity index (χ3v) is 5.89. The average molecular weight is 439 g/mol. The summed E-state index contributed by atoms with van der Waals surface area (Å²) in [7, 11) is -3.36. The Balaban J connectivity index is 1.45. The van der Waals surface area contributed by atoms with E-state index >= 15 is 0 Å². The van der Waals surface area contributed by atoms with E-state index in [2.05, 4.69) is 20.2 Å². The summed E-state index contributed by atoms with van der Waals surface area (Å²) in [6.07, 6.45) is -0.774. The average Bonchev–Trinajstić information content (AvgIpc) is 3.07. The first-order chi connectivity index (χ1) is 13.9. The maximum Gasteiger partial charge on any atom is 0.232 e. The molecule has 0 spiro atoms. The first kappa shape index (κ1) is 21.4. The quantitative estimate of drug-likeness (QED) is 0.361. The van der Waals surface area contributed by atoms with Crippen LogP contribution in [0.1, 0.15) is 18.6 Å². The number of fused-ring (bicyclic) bond motifs is 1. The molecule has 1 atom stereocenters. The first-order valence-electron chi connectivity index (χ1n) is 9.13. The number of hydrogen-bond donors (Lipinski definition) is 4. The van der Waals surface area contributed by atoms with Crippen molar-refractivity contribution >= 4 is 38.2 Å². The molecule has 1 aromatic heterocycles. The maximum absolute atomic E-state index is 11.7. The Labute approximate surface area is 174 Å². The molecule has 3 aromatic rings. The summed E-state index contributed by atoms with van der Waals surface area (Å²) >= 11 is 5.95. The number of aliphatic hydroxyl groups excluding tert-OH is 1. The molecule has 156 valence electrons. The van der Waals surface area contributed by atoms with Crippen LogP contribution in [-0.4, -0.2) is 49.2 Å². The van der Waals surface area contributed by atoms with Crippen molar-refractivity contribution in [2.24, 2.45) is 0 Å². The fourth-order valence-corrected chi connectivity index (χ4v) is 3.55. The molecule has 8 nitrogen and oxygen atoms in total. The van der Waals surface area contributed by atoms with Crippen LogP contribution in [0.4, 0.5) is 5.69 Å². The minimum absolute atomic E-state index is 0.0122. The van der Waals surface area contributed by atoms with E-state index in [0.29, 0.717) is 41.8 Å². The van der Waals surface area contributed by atoms with Crippen molar-refractivity contribution in [3.05, 3.63) is 53.2 Å². The summed E-state index contributed by atoms with van der Waals surface area (Å²) in [5, 5.41) is 21.5. The van der Waals surface area contributed by atoms with Crippen molar-refractivity contribution in [3.63, 3.8) is 0 Å². The number of anilines is 1. The Morgan fingerprint density at radius 3 is 2.90 bits per heavy atom. The van der Waals surface area contributed by atoms with Crippen molar-refractivity contribution in [2.75, 3.05) is 30.2 Å². The lowest BCUT2D eigenvalue weighted by Crippen LogP contribution is -2.26. The van der Waals surface area contributed by atoms with Gasteiger partial charge in [0.1, 0.15) is 12.4 Å². The maximum atomic E-state index is 11.7. The summed E-state index contributed by atoms with van der Waals surface area (Å²) in [6.45, 7) is 2.81. The molecule has 10 heteroatoms. The molecule has 0 amide bonds. The number of ether oxygens (including phenoxy) is 1. The molecule has 1 heterocycles. The number of nitrogens with zero attached hydrogens (tertiary/aromatic N) is 1. The molecular formula is C19H23ClN4O4S. The zero-order valence-corrected chi connectivity index (χ0v) is 17.4. The highest BCUT2D eigenvalue weighted by Crippen LogP contribution is 2.24. The lowest BCUT2D eigenvalue weighted by molar-refractivity contribution is 0.172. The van der Waals surface area contributed by atoms with Crippen LogP contribution in [0.15, 0.2) is 42.5 Å². The second-order valence-corrected chi connectivity index (χ2v) is 8.79. The number of benzene rings is 2. The highest BCUT2D eigenvalue weighted by molar-refractivity contribution is 7.92. The fourth-order valence-electron chi connectivity index (χ4n) is 2.71. The molecular weight excluding hydrogens is 416 g/mol. The van der Waals surface area contributed by atoms with E-state index in [4.69, 9.17) is 16.3 Å². The van der Waals surface area contributed by atoms with Crippen molar-refractivity contribution in [1.82, 2.24) is 15.5 Å². The molecule has 4 N–H and O–H groups in total. The van der Waals surface area contributed by atoms with Gasteiger partial charge in [0.25, 0.3) is 0 Å². The number of rotatable bonds is 10. The van der Waals surface area contributed by atoms with Crippen LogP contribution in [0.5, 0.6) is 5.75 Å². The van der Waals surface area contributed by atoms with Crippen LogP contribution in [-0.2, 0) is 10.0 Å². The van der Waals surface area contributed by atoms with E-state index in [1.165, 1.54) is 0 Å². The highest BCUT2D eigenvalue weighted by atomic mass is 35.5. The van der Waals surface area contributed by atoms with Crippen molar-refractivity contribution in [1.29, 1.82) is 0 Å². The number of aromatic nitrogens is 2. The normalized spacial score (nSPS) is 12.8. The number of halogens is 1. The molecule has 0 bridgehead atoms. The monoisotopic (exact) mass is 438 g/mol. The number of H-pyrrole nitrogens is 1. The molecule has 0 radical (unpaired) electrons. The van der Waals surface area contributed by atoms with Gasteiger partial charge in [-0.05, 0) is 36.8 Å². The molecule has 0 aliphatic carbocycles. The Bertz CT molecular complexity index is 1070. The molecule has 0 aliphatic heterocycles. The predicted octanol–water partition coefficient (Wildman–Crippen LogP) is 2.68. The van der Waals surface area contributed by atoms with Crippen LogP contribution in [0, 0.1) is 0 Å². The van der Waals surface area contributed by atoms with Crippen LogP contribution >= 0.6 is 11.6 Å². The Hall–Kier alpha value is -2.33. The van der Waals surface area contributed by atoms with Gasteiger partial charge in [-0.25, -0.2) is 8.42 Å². The second kappa shape index (κ2) is 9.45. The third kappa shape index (κ3) is 5.83. The van der Waals surface area contributed by atoms with Gasteiger partial charge in [0.15, 0.2) is 5.15 Å². The van der Waals surface area contributed by atoms with E-state index in [-0.39, 0.29) is 5.75 Å². The molecule has 1 unspecified atom stereocenters. The van der Waals surface area contributed by atoms with Crippen molar-refractivity contribution in [3.8, 4) is 5.75 Å². The topological polar surface area (TPSA) is 116 Å². The van der Waals surface area contributed by atoms with E-state index in [9.17, 15) is 13.5 Å². The molecule has 0 aliphatic rings. The zero-order chi connectivity index (χ0) is 20.9. The Morgan fingerprint density at radius 2 is 2.10 bits per heavy atom. The third-order valence-electron chi connectivity index (χ3n) is 4.30. The second-order valence-electron chi connectivity index (χ2n) is 6.42. The summed E-state index contributed by atoms with van der Waals surface area (Å²) in [6, 6.07) is 12.2. The fraction of sp³-hybridized carbons (Fsp3) is 0.316. The van der Waals surface area contributed by atoms with Gasteiger partial charge in [-0.2, -0.15) is 5.10 Å². The first-order valence-corrected chi connectivity index (χ1v) is 11.2. The Kier molecular flexibility index (Phi) is 6.96. The predicted molar refractivity (Wildman–Crippen MR) is 114 cm³/mol. The smallest absolute Gasteiger partial charge is 0.232 e. The van der Waals surface area contributed by atoms with Crippen LogP contribution < -0.4 is 14.8 Å². The van der Waals surface area contributed by atoms with E-state index in [1.807, 2.05) is 18.2 Å². The molecule has 0 saturated heterocycles. The highest BCUT2D eigenvalue weighted by Gasteiger charge is 2.11. The van der Waals surface area contributed by atoms with Gasteiger partial charge in [0.2, 0.25) is 10.0 Å². The number of aliphatic hydroxyl groups is 1. The molecule has 29 heavy (non-hydrogen) atoms. The van der Waals surface area contributed by atoms with Gasteiger partial charge in [-0.1, -0.05) is 23.7 Å². The van der Waals surface area contributed by atoms with E-state index in [0.717, 1.165) is 10.9 Å². The van der Waals surface area contributed by atoms with Crippen molar-refractivity contribution in [2.45, 2.75) is 13.0 Å².